The van der Waals surface area contributed by atoms with Crippen molar-refractivity contribution in [2.75, 3.05) is 0 Å². The van der Waals surface area contributed by atoms with Crippen LogP contribution in [-0.2, 0) is 0 Å². The van der Waals surface area contributed by atoms with Gasteiger partial charge in [0.15, 0.2) is 16.8 Å². The molecule has 0 fully saturated rings. The monoisotopic (exact) mass is 239 g/mol. The van der Waals surface area contributed by atoms with Gasteiger partial charge in [0.2, 0.25) is 0 Å². The molecule has 2 rings (SSSR count). The second kappa shape index (κ2) is 3.92. The van der Waals surface area contributed by atoms with Crippen LogP contribution in [0.5, 0.6) is 0 Å². The highest BCUT2D eigenvalue weighted by atomic mass is 35.5. The van der Waals surface area contributed by atoms with Gasteiger partial charge in [0, 0.05) is 12.4 Å². The third kappa shape index (κ3) is 1.95. The normalized spacial score (nSPS) is 10.2. The molecule has 2 aromatic rings. The van der Waals surface area contributed by atoms with Crippen molar-refractivity contribution in [1.29, 1.82) is 0 Å². The van der Waals surface area contributed by atoms with E-state index in [0.717, 1.165) is 0 Å². The Morgan fingerprint density at radius 1 is 1.40 bits per heavy atom. The molecule has 0 aliphatic heterocycles. The van der Waals surface area contributed by atoms with Gasteiger partial charge in [-0.25, -0.2) is 4.98 Å². The predicted molar refractivity (Wildman–Crippen MR) is 60.1 cm³/mol. The minimum atomic E-state index is 0.205. The molecule has 0 saturated carbocycles. The van der Waals surface area contributed by atoms with E-state index in [4.69, 9.17) is 29.6 Å². The second-order valence-electron chi connectivity index (χ2n) is 2.70. The Morgan fingerprint density at radius 3 is 2.80 bits per heavy atom. The molecule has 0 saturated heterocycles. The first kappa shape index (κ1) is 10.0. The summed E-state index contributed by atoms with van der Waals surface area (Å²) in [7, 11) is 0. The van der Waals surface area contributed by atoms with Crippen molar-refractivity contribution in [2.24, 2.45) is 5.73 Å². The zero-order valence-corrected chi connectivity index (χ0v) is 9.03. The maximum absolute atomic E-state index is 5.63. The van der Waals surface area contributed by atoms with Gasteiger partial charge in [0.25, 0.3) is 0 Å². The molecule has 0 bridgehead atoms. The van der Waals surface area contributed by atoms with E-state index in [2.05, 4.69) is 15.2 Å². The van der Waals surface area contributed by atoms with E-state index in [1.807, 2.05) is 0 Å². The number of rotatable bonds is 2. The van der Waals surface area contributed by atoms with Gasteiger partial charge in [0.1, 0.15) is 4.99 Å². The quantitative estimate of drug-likeness (QED) is 0.791. The lowest BCUT2D eigenvalue weighted by molar-refractivity contribution is 0.905. The van der Waals surface area contributed by atoms with Gasteiger partial charge < -0.3 is 5.73 Å². The van der Waals surface area contributed by atoms with Crippen LogP contribution < -0.4 is 5.73 Å². The highest BCUT2D eigenvalue weighted by Gasteiger charge is 2.08. The predicted octanol–water partition coefficient (Wildman–Crippen LogP) is 0.950. The molecule has 0 aromatic carbocycles. The lowest BCUT2D eigenvalue weighted by atomic mass is 10.5. The molecule has 0 atom stereocenters. The highest BCUT2D eigenvalue weighted by molar-refractivity contribution is 7.80. The standard InChI is InChI=1S/C8H6ClN5S/c9-5-1-2-6(13-12-5)14-4-3-11-8(14)7(10)15/h1-4H,(H2,10,15). The Labute approximate surface area is 95.9 Å². The molecule has 0 aliphatic rings. The average molecular weight is 240 g/mol. The van der Waals surface area contributed by atoms with Crippen LogP contribution in [0.3, 0.4) is 0 Å². The smallest absolute Gasteiger partial charge is 0.173 e. The van der Waals surface area contributed by atoms with Gasteiger partial charge in [0.05, 0.1) is 0 Å². The Hall–Kier alpha value is -1.53. The third-order valence-corrected chi connectivity index (χ3v) is 2.11. The molecular formula is C8H6ClN5S. The number of hydrogen-bond donors (Lipinski definition) is 1. The Morgan fingerprint density at radius 2 is 2.20 bits per heavy atom. The van der Waals surface area contributed by atoms with Crippen molar-refractivity contribution in [3.05, 3.63) is 35.5 Å². The molecular weight excluding hydrogens is 234 g/mol. The summed E-state index contributed by atoms with van der Waals surface area (Å²) in [6, 6.07) is 3.34. The average Bonchev–Trinajstić information content (AvgIpc) is 2.67. The van der Waals surface area contributed by atoms with Crippen molar-refractivity contribution < 1.29 is 0 Å². The minimum absolute atomic E-state index is 0.205. The number of nitrogens with two attached hydrogens (primary N) is 1. The summed E-state index contributed by atoms with van der Waals surface area (Å²) in [5, 5.41) is 7.94. The highest BCUT2D eigenvalue weighted by Crippen LogP contribution is 2.09. The number of aromatic nitrogens is 4. The Balaban J connectivity index is 2.49. The SMILES string of the molecule is NC(=S)c1nccn1-c1ccc(Cl)nn1. The van der Waals surface area contributed by atoms with Gasteiger partial charge in [-0.2, -0.15) is 0 Å². The first-order valence-corrected chi connectivity index (χ1v) is 4.80. The second-order valence-corrected chi connectivity index (χ2v) is 3.53. The van der Waals surface area contributed by atoms with Crippen molar-refractivity contribution >= 4 is 28.8 Å². The van der Waals surface area contributed by atoms with Crippen LogP contribution in [0.2, 0.25) is 5.15 Å². The van der Waals surface area contributed by atoms with Crippen LogP contribution >= 0.6 is 23.8 Å². The van der Waals surface area contributed by atoms with Gasteiger partial charge in [-0.05, 0) is 12.1 Å². The zero-order chi connectivity index (χ0) is 10.8. The molecule has 15 heavy (non-hydrogen) atoms. The van der Waals surface area contributed by atoms with Crippen LogP contribution in [0.25, 0.3) is 5.82 Å². The molecule has 2 N–H and O–H groups in total. The topological polar surface area (TPSA) is 69.6 Å². The van der Waals surface area contributed by atoms with Gasteiger partial charge in [-0.3, -0.25) is 4.57 Å². The van der Waals surface area contributed by atoms with Crippen LogP contribution in [0.15, 0.2) is 24.5 Å². The summed E-state index contributed by atoms with van der Waals surface area (Å²) >= 11 is 10.5. The van der Waals surface area contributed by atoms with Gasteiger partial charge in [-0.1, -0.05) is 23.8 Å². The molecule has 7 heteroatoms. The van der Waals surface area contributed by atoms with Gasteiger partial charge in [-0.15, -0.1) is 10.2 Å². The zero-order valence-electron chi connectivity index (χ0n) is 7.46. The number of thiocarbonyl (C=S) groups is 1. The van der Waals surface area contributed by atoms with Crippen LogP contribution in [0.4, 0.5) is 0 Å². The number of nitrogens with zero attached hydrogens (tertiary/aromatic N) is 4. The van der Waals surface area contributed by atoms with E-state index in [9.17, 15) is 0 Å². The molecule has 0 spiro atoms. The van der Waals surface area contributed by atoms with Crippen LogP contribution in [0.1, 0.15) is 5.82 Å². The third-order valence-electron chi connectivity index (χ3n) is 1.73. The van der Waals surface area contributed by atoms with E-state index in [1.165, 1.54) is 0 Å². The molecule has 76 valence electrons. The van der Waals surface area contributed by atoms with Crippen molar-refractivity contribution in [2.45, 2.75) is 0 Å². The lowest BCUT2D eigenvalue weighted by Crippen LogP contribution is -2.16. The van der Waals surface area contributed by atoms with Crippen LogP contribution in [-0.4, -0.2) is 24.7 Å². The molecule has 0 unspecified atom stereocenters. The summed E-state index contributed by atoms with van der Waals surface area (Å²) in [6.07, 6.45) is 3.29. The number of halogens is 1. The summed E-state index contributed by atoms with van der Waals surface area (Å²) in [5.41, 5.74) is 5.50. The molecule has 0 radical (unpaired) electrons. The van der Waals surface area contributed by atoms with Crippen molar-refractivity contribution in [1.82, 2.24) is 19.7 Å². The van der Waals surface area contributed by atoms with E-state index in [1.54, 1.807) is 29.1 Å². The van der Waals surface area contributed by atoms with Crippen molar-refractivity contribution in [3.8, 4) is 5.82 Å². The maximum Gasteiger partial charge on any atom is 0.173 e. The summed E-state index contributed by atoms with van der Waals surface area (Å²) in [6.45, 7) is 0. The first-order valence-electron chi connectivity index (χ1n) is 4.01. The fourth-order valence-corrected chi connectivity index (χ4v) is 1.36. The van der Waals surface area contributed by atoms with E-state index in [-0.39, 0.29) is 4.99 Å². The fourth-order valence-electron chi connectivity index (χ4n) is 1.11. The molecule has 2 aromatic heterocycles. The first-order chi connectivity index (χ1) is 7.18. The molecule has 0 aliphatic carbocycles. The minimum Gasteiger partial charge on any atom is -0.387 e. The number of hydrogen-bond acceptors (Lipinski definition) is 4. The summed E-state index contributed by atoms with van der Waals surface area (Å²) in [5.74, 6) is 1.04. The van der Waals surface area contributed by atoms with Crippen LogP contribution in [0, 0.1) is 0 Å². The summed E-state index contributed by atoms with van der Waals surface area (Å²) < 4.78 is 1.64. The van der Waals surface area contributed by atoms with E-state index >= 15 is 0 Å². The largest absolute Gasteiger partial charge is 0.387 e. The van der Waals surface area contributed by atoms with Crippen molar-refractivity contribution in [3.63, 3.8) is 0 Å². The summed E-state index contributed by atoms with van der Waals surface area (Å²) in [4.78, 5) is 4.22. The van der Waals surface area contributed by atoms with E-state index in [0.29, 0.717) is 16.8 Å². The molecule has 2 heterocycles. The number of imidazole rings is 1. The van der Waals surface area contributed by atoms with E-state index < -0.39 is 0 Å². The molecule has 5 nitrogen and oxygen atoms in total. The lowest BCUT2D eigenvalue weighted by Gasteiger charge is -2.03. The fraction of sp³-hybridized carbons (Fsp3) is 0. The Kier molecular flexibility index (Phi) is 2.61. The Bertz CT molecular complexity index is 492. The maximum atomic E-state index is 5.63. The molecule has 0 amide bonds. The van der Waals surface area contributed by atoms with Gasteiger partial charge >= 0.3 is 0 Å².